The average molecular weight is 456 g/mol. The number of aromatic nitrogens is 2. The first-order valence-electron chi connectivity index (χ1n) is 9.75. The van der Waals surface area contributed by atoms with Crippen LogP contribution >= 0.6 is 22.7 Å². The van der Waals surface area contributed by atoms with E-state index in [-0.39, 0.29) is 24.0 Å². The maximum absolute atomic E-state index is 12.6. The largest absolute Gasteiger partial charge is 0.465 e. The molecule has 0 radical (unpaired) electrons. The number of esters is 1. The van der Waals surface area contributed by atoms with E-state index in [1.54, 1.807) is 40.5 Å². The predicted octanol–water partition coefficient (Wildman–Crippen LogP) is 3.55. The van der Waals surface area contributed by atoms with E-state index in [2.05, 4.69) is 14.7 Å². The van der Waals surface area contributed by atoms with E-state index >= 15 is 0 Å². The Hall–Kier alpha value is -2.91. The van der Waals surface area contributed by atoms with Crippen molar-refractivity contribution in [1.29, 1.82) is 0 Å². The molecule has 0 N–H and O–H groups in total. The van der Waals surface area contributed by atoms with Crippen LogP contribution in [0.25, 0.3) is 10.6 Å². The second-order valence-corrected chi connectivity index (χ2v) is 9.54. The molecule has 4 rings (SSSR count). The average Bonchev–Trinajstić information content (AvgIpc) is 3.31. The van der Waals surface area contributed by atoms with Crippen LogP contribution in [0.15, 0.2) is 29.6 Å². The lowest BCUT2D eigenvalue weighted by Crippen LogP contribution is -2.53. The van der Waals surface area contributed by atoms with Crippen molar-refractivity contribution in [3.05, 3.63) is 56.5 Å². The van der Waals surface area contributed by atoms with Crippen LogP contribution in [0.1, 0.15) is 36.4 Å². The van der Waals surface area contributed by atoms with Gasteiger partial charge in [-0.2, -0.15) is 0 Å². The lowest BCUT2D eigenvalue weighted by atomic mass is 9.92. The number of hydrogen-bond donors (Lipinski definition) is 0. The summed E-state index contributed by atoms with van der Waals surface area (Å²) in [5.74, 6) is -0.658. The Morgan fingerprint density at radius 2 is 1.77 bits per heavy atom. The molecule has 1 aromatic carbocycles. The number of carbonyl (C=O) groups excluding carboxylic acids is 3. The Kier molecular flexibility index (Phi) is 5.97. The zero-order valence-corrected chi connectivity index (χ0v) is 19.0. The highest BCUT2D eigenvalue weighted by Gasteiger charge is 2.36. The van der Waals surface area contributed by atoms with Crippen LogP contribution in [0, 0.1) is 19.8 Å². The van der Waals surface area contributed by atoms with E-state index in [4.69, 9.17) is 0 Å². The van der Waals surface area contributed by atoms with Gasteiger partial charge in [0.1, 0.15) is 10.8 Å². The summed E-state index contributed by atoms with van der Waals surface area (Å²) in [6, 6.07) is 6.33. The minimum Gasteiger partial charge on any atom is -0.465 e. The van der Waals surface area contributed by atoms with Crippen molar-refractivity contribution in [3.63, 3.8) is 0 Å². The highest BCUT2D eigenvalue weighted by molar-refractivity contribution is 7.16. The molecule has 0 saturated carbocycles. The second-order valence-electron chi connectivity index (χ2n) is 7.39. The normalized spacial score (nSPS) is 13.7. The molecule has 2 aromatic heterocycles. The number of hydrogen-bond acceptors (Lipinski definition) is 8. The molecule has 3 heterocycles. The fourth-order valence-electron chi connectivity index (χ4n) is 3.46. The zero-order chi connectivity index (χ0) is 22.1. The summed E-state index contributed by atoms with van der Waals surface area (Å²) in [5.41, 5.74) is 2.70. The zero-order valence-electron chi connectivity index (χ0n) is 17.4. The van der Waals surface area contributed by atoms with Gasteiger partial charge in [-0.1, -0.05) is 0 Å². The van der Waals surface area contributed by atoms with E-state index in [1.165, 1.54) is 18.4 Å². The van der Waals surface area contributed by atoms with Gasteiger partial charge in [0.15, 0.2) is 0 Å². The maximum Gasteiger partial charge on any atom is 0.337 e. The molecule has 0 unspecified atom stereocenters. The van der Waals surface area contributed by atoms with E-state index < -0.39 is 5.97 Å². The molecule has 0 bridgehead atoms. The number of methoxy groups -OCH3 is 1. The molecular weight excluding hydrogens is 434 g/mol. The van der Waals surface area contributed by atoms with E-state index in [9.17, 15) is 14.4 Å². The van der Waals surface area contributed by atoms with Crippen LogP contribution in [0.2, 0.25) is 0 Å². The fourth-order valence-corrected chi connectivity index (χ4v) is 5.21. The molecule has 9 heteroatoms. The number of likely N-dealkylation sites (tertiary alicyclic amines) is 1. The molecule has 0 aliphatic carbocycles. The van der Waals surface area contributed by atoms with Gasteiger partial charge < -0.3 is 9.64 Å². The monoisotopic (exact) mass is 455 g/mol. The third kappa shape index (κ3) is 4.42. The maximum atomic E-state index is 12.6. The lowest BCUT2D eigenvalue weighted by Gasteiger charge is -2.38. The molecule has 1 amide bonds. The third-order valence-corrected chi connectivity index (χ3v) is 7.13. The quantitative estimate of drug-likeness (QED) is 0.528. The number of ether oxygens (including phenoxy) is 1. The summed E-state index contributed by atoms with van der Waals surface area (Å²) in [6.45, 7) is 4.74. The van der Waals surface area contributed by atoms with Gasteiger partial charge in [0.2, 0.25) is 0 Å². The number of thiazole rings is 2. The summed E-state index contributed by atoms with van der Waals surface area (Å²) >= 11 is 3.09. The first-order chi connectivity index (χ1) is 14.9. The molecule has 1 aliphatic heterocycles. The summed E-state index contributed by atoms with van der Waals surface area (Å²) in [4.78, 5) is 48.5. The molecule has 1 saturated heterocycles. The Balaban J connectivity index is 1.32. The minimum atomic E-state index is -0.445. The summed E-state index contributed by atoms with van der Waals surface area (Å²) < 4.78 is 4.66. The third-order valence-electron chi connectivity index (χ3n) is 5.19. The number of benzene rings is 1. The van der Waals surface area contributed by atoms with Crippen molar-refractivity contribution in [1.82, 2.24) is 14.9 Å². The smallest absolute Gasteiger partial charge is 0.337 e. The molecule has 1 fully saturated rings. The first kappa shape index (κ1) is 21.3. The number of carbonyl (C=O) groups is 3. The van der Waals surface area contributed by atoms with Crippen LogP contribution in [-0.2, 0) is 16.0 Å². The summed E-state index contributed by atoms with van der Waals surface area (Å²) in [6.07, 6.45) is 0.280. The number of nitrogens with zero attached hydrogens (tertiary/aromatic N) is 3. The number of ketones is 1. The standard InChI is InChI=1S/C22H21N3O4S2/c1-12-20(31-13(2)23-12)17-11-30-19(24-17)8-18(26)16-9-25(10-16)21(27)14-4-6-15(7-5-14)22(28)29-3/h4-7,11,16H,8-10H2,1-3H3. The van der Waals surface area contributed by atoms with Gasteiger partial charge in [-0.3, -0.25) is 9.59 Å². The SMILES string of the molecule is COC(=O)c1ccc(C(=O)N2CC(C(=O)Cc3nc(-c4sc(C)nc4C)cs3)C2)cc1. The second kappa shape index (κ2) is 8.68. The Morgan fingerprint density at radius 1 is 1.10 bits per heavy atom. The number of Topliss-reactive ketones (excluding diaryl/α,β-unsaturated/α-hetero) is 1. The van der Waals surface area contributed by atoms with Gasteiger partial charge in [0.25, 0.3) is 5.91 Å². The van der Waals surface area contributed by atoms with Gasteiger partial charge in [-0.25, -0.2) is 14.8 Å². The molecular formula is C22H21N3O4S2. The van der Waals surface area contributed by atoms with Crippen molar-refractivity contribution in [3.8, 4) is 10.6 Å². The van der Waals surface area contributed by atoms with Gasteiger partial charge in [-0.15, -0.1) is 22.7 Å². The van der Waals surface area contributed by atoms with Crippen LogP contribution < -0.4 is 0 Å². The van der Waals surface area contributed by atoms with Gasteiger partial charge in [0, 0.05) is 24.0 Å². The van der Waals surface area contributed by atoms with E-state index in [0.717, 1.165) is 26.3 Å². The molecule has 31 heavy (non-hydrogen) atoms. The van der Waals surface area contributed by atoms with Crippen LogP contribution in [-0.4, -0.2) is 52.7 Å². The Morgan fingerprint density at radius 3 is 2.39 bits per heavy atom. The molecule has 0 spiro atoms. The molecule has 7 nitrogen and oxygen atoms in total. The minimum absolute atomic E-state index is 0.100. The van der Waals surface area contributed by atoms with Crippen molar-refractivity contribution in [2.24, 2.45) is 5.92 Å². The topological polar surface area (TPSA) is 89.5 Å². The van der Waals surface area contributed by atoms with Gasteiger partial charge >= 0.3 is 5.97 Å². The highest BCUT2D eigenvalue weighted by atomic mass is 32.1. The summed E-state index contributed by atoms with van der Waals surface area (Å²) in [5, 5.41) is 3.75. The van der Waals surface area contributed by atoms with Gasteiger partial charge in [-0.05, 0) is 38.1 Å². The Labute approximate surface area is 187 Å². The molecule has 160 valence electrons. The lowest BCUT2D eigenvalue weighted by molar-refractivity contribution is -0.126. The predicted molar refractivity (Wildman–Crippen MR) is 119 cm³/mol. The fraction of sp³-hybridized carbons (Fsp3) is 0.318. The van der Waals surface area contributed by atoms with E-state index in [1.807, 2.05) is 19.2 Å². The summed E-state index contributed by atoms with van der Waals surface area (Å²) in [7, 11) is 1.31. The van der Waals surface area contributed by atoms with Crippen LogP contribution in [0.4, 0.5) is 0 Å². The molecule has 1 aliphatic rings. The number of rotatable bonds is 6. The van der Waals surface area contributed by atoms with E-state index in [0.29, 0.717) is 24.2 Å². The number of aryl methyl sites for hydroxylation is 2. The van der Waals surface area contributed by atoms with Crippen molar-refractivity contribution in [2.75, 3.05) is 20.2 Å². The van der Waals surface area contributed by atoms with Gasteiger partial charge in [0.05, 0.1) is 46.3 Å². The van der Waals surface area contributed by atoms with Crippen LogP contribution in [0.5, 0.6) is 0 Å². The highest BCUT2D eigenvalue weighted by Crippen LogP contribution is 2.31. The number of amides is 1. The Bertz CT molecular complexity index is 1140. The molecule has 0 atom stereocenters. The van der Waals surface area contributed by atoms with Crippen molar-refractivity contribution >= 4 is 40.3 Å². The van der Waals surface area contributed by atoms with Crippen LogP contribution in [0.3, 0.4) is 0 Å². The first-order valence-corrected chi connectivity index (χ1v) is 11.4. The molecule has 3 aromatic rings. The van der Waals surface area contributed by atoms with Crippen molar-refractivity contribution in [2.45, 2.75) is 20.3 Å². The van der Waals surface area contributed by atoms with Crippen molar-refractivity contribution < 1.29 is 19.1 Å².